The van der Waals surface area contributed by atoms with Gasteiger partial charge in [0, 0.05) is 44.3 Å². The minimum atomic E-state index is -0.0186. The van der Waals surface area contributed by atoms with Crippen LogP contribution in [-0.4, -0.2) is 68.2 Å². The van der Waals surface area contributed by atoms with Crippen LogP contribution in [0.2, 0.25) is 5.02 Å². The number of nitrogens with zero attached hydrogens (tertiary/aromatic N) is 2. The normalized spacial score (nSPS) is 14.3. The Kier molecular flexibility index (Phi) is 19.3. The summed E-state index contributed by atoms with van der Waals surface area (Å²) >= 11 is 5.94. The van der Waals surface area contributed by atoms with Gasteiger partial charge in [-0.15, -0.1) is 24.8 Å². The van der Waals surface area contributed by atoms with Gasteiger partial charge in [-0.25, -0.2) is 4.79 Å². The topological polar surface area (TPSA) is 47.6 Å². The molecule has 5 nitrogen and oxygen atoms in total. The van der Waals surface area contributed by atoms with Crippen LogP contribution in [0.5, 0.6) is 0 Å². The van der Waals surface area contributed by atoms with Gasteiger partial charge in [0.2, 0.25) is 0 Å². The number of hydrogen-bond acceptors (Lipinski definition) is 3. The molecule has 1 saturated heterocycles. The number of aryl methyl sites for hydroxylation is 1. The van der Waals surface area contributed by atoms with Crippen LogP contribution in [0.3, 0.4) is 0 Å². The van der Waals surface area contributed by atoms with E-state index in [-0.39, 0.29) is 30.8 Å². The minimum absolute atomic E-state index is 0. The summed E-state index contributed by atoms with van der Waals surface area (Å²) in [6.45, 7) is 10.6. The zero-order valence-electron chi connectivity index (χ0n) is 19.6. The monoisotopic (exact) mass is 508 g/mol. The number of rotatable bonds is 14. The second-order valence-electron chi connectivity index (χ2n) is 8.36. The summed E-state index contributed by atoms with van der Waals surface area (Å²) in [5.41, 5.74) is 1.38. The Hall–Kier alpha value is -0.720. The Morgan fingerprint density at radius 3 is 1.97 bits per heavy atom. The van der Waals surface area contributed by atoms with Gasteiger partial charge in [-0.3, -0.25) is 0 Å². The van der Waals surface area contributed by atoms with E-state index in [1.54, 1.807) is 0 Å². The summed E-state index contributed by atoms with van der Waals surface area (Å²) in [4.78, 5) is 16.9. The summed E-state index contributed by atoms with van der Waals surface area (Å²) in [5, 5.41) is 6.74. The zero-order chi connectivity index (χ0) is 21.4. The number of unbranched alkanes of at least 4 members (excludes halogenated alkanes) is 4. The van der Waals surface area contributed by atoms with E-state index in [1.165, 1.54) is 44.2 Å². The largest absolute Gasteiger partial charge is 0.338 e. The van der Waals surface area contributed by atoms with Crippen LogP contribution in [-0.2, 0) is 6.42 Å². The zero-order valence-corrected chi connectivity index (χ0v) is 22.0. The second-order valence-corrected chi connectivity index (χ2v) is 8.80. The van der Waals surface area contributed by atoms with Gasteiger partial charge in [-0.2, -0.15) is 0 Å². The van der Waals surface area contributed by atoms with E-state index in [0.717, 1.165) is 70.1 Å². The van der Waals surface area contributed by atoms with E-state index >= 15 is 0 Å². The highest BCUT2D eigenvalue weighted by Crippen LogP contribution is 2.12. The number of nitrogens with one attached hydrogen (secondary N) is 2. The molecular formula is C24H43Cl3N4O. The summed E-state index contributed by atoms with van der Waals surface area (Å²) in [6.07, 6.45) is 9.39. The molecule has 0 spiro atoms. The standard InChI is InChI=1S/C24H41ClN4O.2ClH/c1-2-3-4-6-14-26-24(30)27-15-8-17-29-20-18-28(19-21-29)16-7-5-9-22-10-12-23(25)13-11-22;;/h10-13H,2-9,14-21H2,1H3,(H2,26,27,30);2*1H. The van der Waals surface area contributed by atoms with Crippen LogP contribution in [0.4, 0.5) is 4.79 Å². The molecule has 1 fully saturated rings. The van der Waals surface area contributed by atoms with E-state index < -0.39 is 0 Å². The molecule has 0 radical (unpaired) electrons. The average molecular weight is 510 g/mol. The number of piperazine rings is 1. The van der Waals surface area contributed by atoms with E-state index in [0.29, 0.717) is 0 Å². The number of urea groups is 1. The van der Waals surface area contributed by atoms with Crippen molar-refractivity contribution in [1.29, 1.82) is 0 Å². The molecule has 1 aliphatic rings. The number of hydrogen-bond donors (Lipinski definition) is 2. The molecule has 1 aromatic rings. The van der Waals surface area contributed by atoms with Crippen LogP contribution in [0.1, 0.15) is 57.4 Å². The van der Waals surface area contributed by atoms with Crippen molar-refractivity contribution in [3.05, 3.63) is 34.9 Å². The van der Waals surface area contributed by atoms with Gasteiger partial charge in [-0.05, 0) is 62.9 Å². The third kappa shape index (κ3) is 14.4. The fourth-order valence-electron chi connectivity index (χ4n) is 3.87. The Morgan fingerprint density at radius 1 is 0.812 bits per heavy atom. The molecule has 186 valence electrons. The van der Waals surface area contributed by atoms with Crippen LogP contribution in [0.25, 0.3) is 0 Å². The summed E-state index contributed by atoms with van der Waals surface area (Å²) in [7, 11) is 0. The molecule has 0 aromatic heterocycles. The van der Waals surface area contributed by atoms with E-state index in [9.17, 15) is 4.79 Å². The quantitative estimate of drug-likeness (QED) is 0.330. The second kappa shape index (κ2) is 19.7. The van der Waals surface area contributed by atoms with Crippen LogP contribution >= 0.6 is 36.4 Å². The summed E-state index contributed by atoms with van der Waals surface area (Å²) < 4.78 is 0. The first-order valence-corrected chi connectivity index (χ1v) is 12.3. The molecule has 0 unspecified atom stereocenters. The van der Waals surface area contributed by atoms with Crippen molar-refractivity contribution in [2.24, 2.45) is 0 Å². The predicted octanol–water partition coefficient (Wildman–Crippen LogP) is 5.39. The number of halogens is 3. The molecule has 2 amide bonds. The Morgan fingerprint density at radius 2 is 1.38 bits per heavy atom. The molecule has 2 rings (SSSR count). The van der Waals surface area contributed by atoms with Gasteiger partial charge in [0.25, 0.3) is 0 Å². The SMILES string of the molecule is CCCCCCNC(=O)NCCCN1CCN(CCCCc2ccc(Cl)cc2)CC1.Cl.Cl. The third-order valence-electron chi connectivity index (χ3n) is 5.82. The van der Waals surface area contributed by atoms with Crippen LogP contribution < -0.4 is 10.6 Å². The van der Waals surface area contributed by atoms with Gasteiger partial charge in [0.05, 0.1) is 0 Å². The summed E-state index contributed by atoms with van der Waals surface area (Å²) in [5.74, 6) is 0. The van der Waals surface area contributed by atoms with E-state index in [1.807, 2.05) is 12.1 Å². The molecule has 8 heteroatoms. The minimum Gasteiger partial charge on any atom is -0.338 e. The first-order valence-electron chi connectivity index (χ1n) is 11.9. The first-order chi connectivity index (χ1) is 14.7. The fourth-order valence-corrected chi connectivity index (χ4v) is 4.00. The van der Waals surface area contributed by atoms with E-state index in [2.05, 4.69) is 39.5 Å². The van der Waals surface area contributed by atoms with Crippen molar-refractivity contribution in [2.75, 3.05) is 52.4 Å². The fraction of sp³-hybridized carbons (Fsp3) is 0.708. The molecule has 1 aromatic carbocycles. The number of carbonyl (C=O) groups excluding carboxylic acids is 1. The Bertz CT molecular complexity index is 581. The first kappa shape index (κ1) is 31.3. The Balaban J connectivity index is 0.00000480. The smallest absolute Gasteiger partial charge is 0.314 e. The van der Waals surface area contributed by atoms with Crippen molar-refractivity contribution in [3.8, 4) is 0 Å². The lowest BCUT2D eigenvalue weighted by atomic mass is 10.1. The van der Waals surface area contributed by atoms with Gasteiger partial charge in [0.15, 0.2) is 0 Å². The molecule has 0 saturated carbocycles. The van der Waals surface area contributed by atoms with Crippen molar-refractivity contribution < 1.29 is 4.79 Å². The lowest BCUT2D eigenvalue weighted by Gasteiger charge is -2.34. The van der Waals surface area contributed by atoms with Crippen molar-refractivity contribution >= 4 is 42.4 Å². The van der Waals surface area contributed by atoms with Crippen LogP contribution in [0, 0.1) is 0 Å². The van der Waals surface area contributed by atoms with Crippen molar-refractivity contribution in [2.45, 2.75) is 58.3 Å². The highest BCUT2D eigenvalue weighted by atomic mass is 35.5. The van der Waals surface area contributed by atoms with Gasteiger partial charge in [-0.1, -0.05) is 49.9 Å². The molecule has 32 heavy (non-hydrogen) atoms. The third-order valence-corrected chi connectivity index (χ3v) is 6.07. The van der Waals surface area contributed by atoms with Crippen molar-refractivity contribution in [3.63, 3.8) is 0 Å². The van der Waals surface area contributed by atoms with Gasteiger partial charge >= 0.3 is 6.03 Å². The maximum absolute atomic E-state index is 11.8. The lowest BCUT2D eigenvalue weighted by molar-refractivity contribution is 0.130. The molecule has 1 heterocycles. The van der Waals surface area contributed by atoms with Crippen molar-refractivity contribution in [1.82, 2.24) is 20.4 Å². The lowest BCUT2D eigenvalue weighted by Crippen LogP contribution is -2.47. The van der Waals surface area contributed by atoms with E-state index in [4.69, 9.17) is 11.6 Å². The Labute approximate surface area is 212 Å². The number of carbonyl (C=O) groups is 1. The molecule has 0 aliphatic carbocycles. The molecule has 2 N–H and O–H groups in total. The molecule has 0 atom stereocenters. The van der Waals surface area contributed by atoms with Gasteiger partial charge < -0.3 is 20.4 Å². The maximum atomic E-state index is 11.8. The maximum Gasteiger partial charge on any atom is 0.314 e. The highest BCUT2D eigenvalue weighted by Gasteiger charge is 2.15. The predicted molar refractivity (Wildman–Crippen MR) is 142 cm³/mol. The highest BCUT2D eigenvalue weighted by molar-refractivity contribution is 6.30. The summed E-state index contributed by atoms with van der Waals surface area (Å²) in [6, 6.07) is 8.20. The molecule has 0 bridgehead atoms. The number of amides is 2. The van der Waals surface area contributed by atoms with Crippen LogP contribution in [0.15, 0.2) is 24.3 Å². The molecular weight excluding hydrogens is 467 g/mol. The number of benzene rings is 1. The average Bonchev–Trinajstić information content (AvgIpc) is 2.76. The molecule has 1 aliphatic heterocycles. The van der Waals surface area contributed by atoms with Gasteiger partial charge in [0.1, 0.15) is 0 Å².